The van der Waals surface area contributed by atoms with Crippen LogP contribution in [0.4, 0.5) is 11.4 Å². The SMILES string of the molecule is COC1CCN(c2ccc(C(=O)O)c(N)c2)CC1. The number of anilines is 2. The van der Waals surface area contributed by atoms with Crippen molar-refractivity contribution < 1.29 is 14.6 Å². The normalized spacial score (nSPS) is 16.8. The Morgan fingerprint density at radius 1 is 1.44 bits per heavy atom. The van der Waals surface area contributed by atoms with Gasteiger partial charge in [-0.3, -0.25) is 0 Å². The van der Waals surface area contributed by atoms with Gasteiger partial charge in [0.1, 0.15) is 0 Å². The zero-order valence-corrected chi connectivity index (χ0v) is 10.4. The van der Waals surface area contributed by atoms with Gasteiger partial charge in [0.15, 0.2) is 0 Å². The van der Waals surface area contributed by atoms with E-state index in [-0.39, 0.29) is 5.56 Å². The van der Waals surface area contributed by atoms with Crippen LogP contribution >= 0.6 is 0 Å². The molecule has 1 aromatic carbocycles. The number of benzene rings is 1. The first-order valence-electron chi connectivity index (χ1n) is 6.02. The molecule has 1 saturated heterocycles. The van der Waals surface area contributed by atoms with Crippen LogP contribution < -0.4 is 10.6 Å². The summed E-state index contributed by atoms with van der Waals surface area (Å²) in [5, 5.41) is 8.92. The minimum absolute atomic E-state index is 0.158. The summed E-state index contributed by atoms with van der Waals surface area (Å²) in [5.74, 6) is -0.989. The van der Waals surface area contributed by atoms with Gasteiger partial charge >= 0.3 is 5.97 Å². The molecule has 0 atom stereocenters. The molecule has 2 rings (SSSR count). The van der Waals surface area contributed by atoms with Gasteiger partial charge in [-0.2, -0.15) is 0 Å². The third kappa shape index (κ3) is 2.56. The number of hydrogen-bond acceptors (Lipinski definition) is 4. The molecule has 0 aromatic heterocycles. The predicted molar refractivity (Wildman–Crippen MR) is 70.1 cm³/mol. The summed E-state index contributed by atoms with van der Waals surface area (Å²) in [6.07, 6.45) is 2.30. The molecule has 0 spiro atoms. The number of nitrogens with two attached hydrogens (primary N) is 1. The van der Waals surface area contributed by atoms with E-state index in [0.29, 0.717) is 11.8 Å². The van der Waals surface area contributed by atoms with Crippen molar-refractivity contribution in [3.8, 4) is 0 Å². The molecule has 0 bridgehead atoms. The summed E-state index contributed by atoms with van der Waals surface area (Å²) in [6, 6.07) is 5.11. The van der Waals surface area contributed by atoms with Gasteiger partial charge in [-0.15, -0.1) is 0 Å². The molecule has 0 amide bonds. The van der Waals surface area contributed by atoms with Gasteiger partial charge in [-0.25, -0.2) is 4.79 Å². The van der Waals surface area contributed by atoms with E-state index in [1.807, 2.05) is 6.07 Å². The molecule has 18 heavy (non-hydrogen) atoms. The number of nitrogen functional groups attached to an aromatic ring is 1. The van der Waals surface area contributed by atoms with Crippen LogP contribution in [0.25, 0.3) is 0 Å². The number of rotatable bonds is 3. The number of aromatic carboxylic acids is 1. The molecular formula is C13H18N2O3. The van der Waals surface area contributed by atoms with Crippen LogP contribution in [-0.2, 0) is 4.74 Å². The van der Waals surface area contributed by atoms with Crippen molar-refractivity contribution in [2.75, 3.05) is 30.8 Å². The first-order chi connectivity index (χ1) is 8.61. The third-order valence-electron chi connectivity index (χ3n) is 3.41. The smallest absolute Gasteiger partial charge is 0.337 e. The molecule has 1 fully saturated rings. The van der Waals surface area contributed by atoms with Crippen LogP contribution in [0, 0.1) is 0 Å². The highest BCUT2D eigenvalue weighted by Gasteiger charge is 2.19. The average Bonchev–Trinajstić information content (AvgIpc) is 2.38. The van der Waals surface area contributed by atoms with E-state index >= 15 is 0 Å². The number of carboxylic acids is 1. The Morgan fingerprint density at radius 3 is 2.61 bits per heavy atom. The minimum Gasteiger partial charge on any atom is -0.478 e. The Morgan fingerprint density at radius 2 is 2.11 bits per heavy atom. The van der Waals surface area contributed by atoms with E-state index < -0.39 is 5.97 Å². The van der Waals surface area contributed by atoms with E-state index in [2.05, 4.69) is 4.90 Å². The van der Waals surface area contributed by atoms with E-state index in [1.165, 1.54) is 0 Å². The number of carboxylic acid groups (broad SMARTS) is 1. The van der Waals surface area contributed by atoms with Crippen LogP contribution in [0.5, 0.6) is 0 Å². The Bertz CT molecular complexity index is 440. The summed E-state index contributed by atoms with van der Waals surface area (Å²) in [5.41, 5.74) is 7.20. The van der Waals surface area contributed by atoms with E-state index in [1.54, 1.807) is 19.2 Å². The van der Waals surface area contributed by atoms with Crippen molar-refractivity contribution in [3.05, 3.63) is 23.8 Å². The molecule has 0 saturated carbocycles. The Hall–Kier alpha value is -1.75. The maximum Gasteiger partial charge on any atom is 0.337 e. The van der Waals surface area contributed by atoms with Crippen molar-refractivity contribution in [3.63, 3.8) is 0 Å². The van der Waals surface area contributed by atoms with Gasteiger partial charge in [0.2, 0.25) is 0 Å². The van der Waals surface area contributed by atoms with Crippen LogP contribution in [0.2, 0.25) is 0 Å². The van der Waals surface area contributed by atoms with Gasteiger partial charge < -0.3 is 20.5 Å². The molecule has 0 unspecified atom stereocenters. The van der Waals surface area contributed by atoms with E-state index in [9.17, 15) is 4.79 Å². The van der Waals surface area contributed by atoms with Gasteiger partial charge in [0.05, 0.1) is 11.7 Å². The number of methoxy groups -OCH3 is 1. The fraction of sp³-hybridized carbons (Fsp3) is 0.462. The second-order valence-corrected chi connectivity index (χ2v) is 4.50. The number of hydrogen-bond donors (Lipinski definition) is 2. The Balaban J connectivity index is 2.11. The van der Waals surface area contributed by atoms with Crippen molar-refractivity contribution in [1.82, 2.24) is 0 Å². The molecule has 0 radical (unpaired) electrons. The standard InChI is InChI=1S/C13H18N2O3/c1-18-10-4-6-15(7-5-10)9-2-3-11(13(16)17)12(14)8-9/h2-3,8,10H,4-7,14H2,1H3,(H,16,17). The van der Waals surface area contributed by atoms with Crippen LogP contribution in [0.1, 0.15) is 23.2 Å². The maximum absolute atomic E-state index is 10.9. The van der Waals surface area contributed by atoms with Crippen molar-refractivity contribution >= 4 is 17.3 Å². The van der Waals surface area contributed by atoms with E-state index in [4.69, 9.17) is 15.6 Å². The Kier molecular flexibility index (Phi) is 3.72. The lowest BCUT2D eigenvalue weighted by Crippen LogP contribution is -2.36. The number of ether oxygens (including phenoxy) is 1. The summed E-state index contributed by atoms with van der Waals surface area (Å²) >= 11 is 0. The molecule has 1 aromatic rings. The largest absolute Gasteiger partial charge is 0.478 e. The molecular weight excluding hydrogens is 232 g/mol. The fourth-order valence-electron chi connectivity index (χ4n) is 2.29. The minimum atomic E-state index is -0.989. The number of nitrogens with zero attached hydrogens (tertiary/aromatic N) is 1. The van der Waals surface area contributed by atoms with Crippen LogP contribution in [-0.4, -0.2) is 37.4 Å². The molecule has 1 heterocycles. The van der Waals surface area contributed by atoms with Crippen molar-refractivity contribution in [1.29, 1.82) is 0 Å². The van der Waals surface area contributed by atoms with Gasteiger partial charge in [-0.1, -0.05) is 0 Å². The molecule has 1 aliphatic rings. The van der Waals surface area contributed by atoms with E-state index in [0.717, 1.165) is 31.6 Å². The molecule has 5 heteroatoms. The molecule has 0 aliphatic carbocycles. The zero-order valence-electron chi connectivity index (χ0n) is 10.4. The quantitative estimate of drug-likeness (QED) is 0.797. The number of carbonyl (C=O) groups is 1. The Labute approximate surface area is 106 Å². The van der Waals surface area contributed by atoms with Gasteiger partial charge in [0, 0.05) is 31.6 Å². The van der Waals surface area contributed by atoms with Crippen molar-refractivity contribution in [2.24, 2.45) is 0 Å². The average molecular weight is 250 g/mol. The summed E-state index contributed by atoms with van der Waals surface area (Å²) in [7, 11) is 1.74. The first-order valence-corrected chi connectivity index (χ1v) is 6.02. The summed E-state index contributed by atoms with van der Waals surface area (Å²) in [6.45, 7) is 1.81. The second kappa shape index (κ2) is 5.27. The second-order valence-electron chi connectivity index (χ2n) is 4.50. The topological polar surface area (TPSA) is 75.8 Å². The lowest BCUT2D eigenvalue weighted by Gasteiger charge is -2.33. The summed E-state index contributed by atoms with van der Waals surface area (Å²) < 4.78 is 5.32. The zero-order chi connectivity index (χ0) is 13.1. The highest BCUT2D eigenvalue weighted by molar-refractivity contribution is 5.94. The lowest BCUT2D eigenvalue weighted by atomic mass is 10.1. The van der Waals surface area contributed by atoms with Crippen molar-refractivity contribution in [2.45, 2.75) is 18.9 Å². The van der Waals surface area contributed by atoms with Crippen LogP contribution in [0.3, 0.4) is 0 Å². The van der Waals surface area contributed by atoms with Gasteiger partial charge in [-0.05, 0) is 31.0 Å². The predicted octanol–water partition coefficient (Wildman–Crippen LogP) is 1.58. The molecule has 5 nitrogen and oxygen atoms in total. The summed E-state index contributed by atoms with van der Waals surface area (Å²) in [4.78, 5) is 13.1. The monoisotopic (exact) mass is 250 g/mol. The van der Waals surface area contributed by atoms with Crippen LogP contribution in [0.15, 0.2) is 18.2 Å². The van der Waals surface area contributed by atoms with Gasteiger partial charge in [0.25, 0.3) is 0 Å². The molecule has 3 N–H and O–H groups in total. The third-order valence-corrected chi connectivity index (χ3v) is 3.41. The molecule has 1 aliphatic heterocycles. The first kappa shape index (κ1) is 12.7. The highest BCUT2D eigenvalue weighted by atomic mass is 16.5. The fourth-order valence-corrected chi connectivity index (χ4v) is 2.29. The maximum atomic E-state index is 10.9. The number of piperidine rings is 1. The molecule has 98 valence electrons. The highest BCUT2D eigenvalue weighted by Crippen LogP contribution is 2.25. The lowest BCUT2D eigenvalue weighted by molar-refractivity contribution is 0.0698.